The van der Waals surface area contributed by atoms with Crippen molar-refractivity contribution in [2.45, 2.75) is 0 Å². The van der Waals surface area contributed by atoms with Gasteiger partial charge in [0.2, 0.25) is 5.95 Å². The Bertz CT molecular complexity index is 942. The molecule has 0 aliphatic carbocycles. The van der Waals surface area contributed by atoms with E-state index in [1.807, 2.05) is 66.5 Å². The van der Waals surface area contributed by atoms with Crippen molar-refractivity contribution in [1.29, 1.82) is 0 Å². The van der Waals surface area contributed by atoms with E-state index < -0.39 is 0 Å². The summed E-state index contributed by atoms with van der Waals surface area (Å²) in [4.78, 5) is 9.07. The van der Waals surface area contributed by atoms with Gasteiger partial charge in [-0.2, -0.15) is 10.1 Å². The quantitative estimate of drug-likeness (QED) is 0.611. The van der Waals surface area contributed by atoms with Crippen LogP contribution in [-0.4, -0.2) is 26.8 Å². The predicted octanol–water partition coefficient (Wildman–Crippen LogP) is 3.01. The van der Waals surface area contributed by atoms with Crippen LogP contribution >= 0.6 is 0 Å². The zero-order chi connectivity index (χ0) is 14.2. The van der Waals surface area contributed by atoms with E-state index in [1.54, 1.807) is 0 Å². The van der Waals surface area contributed by atoms with Gasteiger partial charge in [0.1, 0.15) is 0 Å². The zero-order valence-electron chi connectivity index (χ0n) is 11.5. The number of para-hydroxylation sites is 2. The molecule has 5 nitrogen and oxygen atoms in total. The molecule has 1 N–H and O–H groups in total. The van der Waals surface area contributed by atoms with E-state index in [2.05, 4.69) is 20.4 Å². The smallest absolute Gasteiger partial charge is 0.225 e. The van der Waals surface area contributed by atoms with Crippen LogP contribution in [0.2, 0.25) is 0 Å². The predicted molar refractivity (Wildman–Crippen MR) is 83.7 cm³/mol. The fourth-order valence-electron chi connectivity index (χ4n) is 2.47. The minimum atomic E-state index is 0.586. The highest BCUT2D eigenvalue weighted by atomic mass is 15.3. The summed E-state index contributed by atoms with van der Waals surface area (Å²) in [6, 6.07) is 16.0. The number of hydrogen-bond acceptors (Lipinski definition) is 4. The lowest BCUT2D eigenvalue weighted by atomic mass is 10.2. The van der Waals surface area contributed by atoms with Gasteiger partial charge in [-0.15, -0.1) is 0 Å². The molecule has 0 aliphatic heterocycles. The average molecular weight is 275 g/mol. The minimum Gasteiger partial charge on any atom is -0.357 e. The van der Waals surface area contributed by atoms with Crippen molar-refractivity contribution in [2.75, 3.05) is 12.4 Å². The topological polar surface area (TPSA) is 55.6 Å². The summed E-state index contributed by atoms with van der Waals surface area (Å²) in [5, 5.41) is 9.56. The van der Waals surface area contributed by atoms with E-state index >= 15 is 0 Å². The summed E-state index contributed by atoms with van der Waals surface area (Å²) in [7, 11) is 1.81. The molecule has 2 heterocycles. The van der Waals surface area contributed by atoms with Crippen molar-refractivity contribution in [1.82, 2.24) is 19.7 Å². The SMILES string of the molecule is CNc1nc(-n2ncc3ccccc32)c2ccccc2n1. The van der Waals surface area contributed by atoms with E-state index in [9.17, 15) is 0 Å². The molecule has 102 valence electrons. The molecular formula is C16H13N5. The van der Waals surface area contributed by atoms with Gasteiger partial charge in [0.15, 0.2) is 5.82 Å². The minimum absolute atomic E-state index is 0.586. The Balaban J connectivity index is 2.09. The van der Waals surface area contributed by atoms with Crippen LogP contribution in [0, 0.1) is 0 Å². The number of hydrogen-bond donors (Lipinski definition) is 1. The molecule has 4 aromatic rings. The van der Waals surface area contributed by atoms with Crippen molar-refractivity contribution in [3.05, 3.63) is 54.7 Å². The summed E-state index contributed by atoms with van der Waals surface area (Å²) in [5.74, 6) is 1.37. The zero-order valence-corrected chi connectivity index (χ0v) is 11.5. The van der Waals surface area contributed by atoms with Crippen LogP contribution in [-0.2, 0) is 0 Å². The van der Waals surface area contributed by atoms with Crippen molar-refractivity contribution in [3.8, 4) is 5.82 Å². The molecular weight excluding hydrogens is 262 g/mol. The molecule has 0 spiro atoms. The summed E-state index contributed by atoms with van der Waals surface area (Å²) >= 11 is 0. The van der Waals surface area contributed by atoms with Gasteiger partial charge in [0, 0.05) is 17.8 Å². The Morgan fingerprint density at radius 2 is 1.76 bits per heavy atom. The summed E-state index contributed by atoms with van der Waals surface area (Å²) in [5.41, 5.74) is 1.93. The average Bonchev–Trinajstić information content (AvgIpc) is 2.97. The van der Waals surface area contributed by atoms with Gasteiger partial charge in [-0.05, 0) is 18.2 Å². The lowest BCUT2D eigenvalue weighted by Gasteiger charge is -2.09. The molecule has 0 saturated heterocycles. The van der Waals surface area contributed by atoms with Crippen LogP contribution in [0.15, 0.2) is 54.7 Å². The van der Waals surface area contributed by atoms with Gasteiger partial charge in [-0.3, -0.25) is 0 Å². The molecule has 0 aliphatic rings. The van der Waals surface area contributed by atoms with Crippen molar-refractivity contribution < 1.29 is 0 Å². The highest BCUT2D eigenvalue weighted by Crippen LogP contribution is 2.24. The first-order valence-corrected chi connectivity index (χ1v) is 6.74. The fraction of sp³-hybridized carbons (Fsp3) is 0.0625. The summed E-state index contributed by atoms with van der Waals surface area (Å²) < 4.78 is 1.86. The van der Waals surface area contributed by atoms with Crippen LogP contribution < -0.4 is 5.32 Å². The number of fused-ring (bicyclic) bond motifs is 2. The standard InChI is InChI=1S/C16H13N5/c1-17-16-19-13-8-4-3-7-12(13)15(20-16)21-14-9-5-2-6-11(14)10-18-21/h2-10H,1H3,(H,17,19,20). The molecule has 0 unspecified atom stereocenters. The summed E-state index contributed by atoms with van der Waals surface area (Å²) in [6.07, 6.45) is 1.85. The molecule has 0 atom stereocenters. The number of anilines is 1. The fourth-order valence-corrected chi connectivity index (χ4v) is 2.47. The second-order valence-corrected chi connectivity index (χ2v) is 4.75. The van der Waals surface area contributed by atoms with Crippen molar-refractivity contribution >= 4 is 27.8 Å². The Kier molecular flexibility index (Phi) is 2.57. The van der Waals surface area contributed by atoms with Gasteiger partial charge in [-0.1, -0.05) is 30.3 Å². The third-order valence-electron chi connectivity index (χ3n) is 3.48. The molecule has 0 saturated carbocycles. The molecule has 0 bridgehead atoms. The van der Waals surface area contributed by atoms with Gasteiger partial charge < -0.3 is 5.32 Å². The molecule has 21 heavy (non-hydrogen) atoms. The van der Waals surface area contributed by atoms with Gasteiger partial charge >= 0.3 is 0 Å². The summed E-state index contributed by atoms with van der Waals surface area (Å²) in [6.45, 7) is 0. The number of nitrogens with one attached hydrogen (secondary N) is 1. The Labute approximate surface area is 121 Å². The van der Waals surface area contributed by atoms with E-state index in [0.717, 1.165) is 27.6 Å². The normalized spacial score (nSPS) is 11.1. The largest absolute Gasteiger partial charge is 0.357 e. The highest BCUT2D eigenvalue weighted by Gasteiger charge is 2.11. The first kappa shape index (κ1) is 11.8. The van der Waals surface area contributed by atoms with E-state index in [-0.39, 0.29) is 0 Å². The molecule has 2 aromatic carbocycles. The van der Waals surface area contributed by atoms with Crippen molar-refractivity contribution in [3.63, 3.8) is 0 Å². The number of rotatable bonds is 2. The van der Waals surface area contributed by atoms with Gasteiger partial charge in [-0.25, -0.2) is 9.67 Å². The molecule has 0 amide bonds. The van der Waals surface area contributed by atoms with Crippen molar-refractivity contribution in [2.24, 2.45) is 0 Å². The number of nitrogens with zero attached hydrogens (tertiary/aromatic N) is 4. The van der Waals surface area contributed by atoms with Crippen LogP contribution in [0.25, 0.3) is 27.6 Å². The first-order valence-electron chi connectivity index (χ1n) is 6.74. The molecule has 0 fully saturated rings. The Morgan fingerprint density at radius 3 is 2.67 bits per heavy atom. The van der Waals surface area contributed by atoms with E-state index in [4.69, 9.17) is 0 Å². The lowest BCUT2D eigenvalue weighted by molar-refractivity contribution is 0.879. The van der Waals surface area contributed by atoms with Crippen LogP contribution in [0.4, 0.5) is 5.95 Å². The highest BCUT2D eigenvalue weighted by molar-refractivity contribution is 5.89. The maximum atomic E-state index is 4.59. The number of aromatic nitrogens is 4. The Hall–Kier alpha value is -2.95. The maximum absolute atomic E-state index is 4.59. The van der Waals surface area contributed by atoms with Crippen LogP contribution in [0.1, 0.15) is 0 Å². The van der Waals surface area contributed by atoms with E-state index in [0.29, 0.717) is 5.95 Å². The van der Waals surface area contributed by atoms with Crippen LogP contribution in [0.3, 0.4) is 0 Å². The van der Waals surface area contributed by atoms with Gasteiger partial charge in [0.25, 0.3) is 0 Å². The number of benzene rings is 2. The third kappa shape index (κ3) is 1.82. The molecule has 5 heteroatoms. The molecule has 4 rings (SSSR count). The third-order valence-corrected chi connectivity index (χ3v) is 3.48. The van der Waals surface area contributed by atoms with Gasteiger partial charge in [0.05, 0.1) is 17.2 Å². The monoisotopic (exact) mass is 275 g/mol. The molecule has 0 radical (unpaired) electrons. The van der Waals surface area contributed by atoms with E-state index in [1.165, 1.54) is 0 Å². The molecule has 2 aromatic heterocycles. The Morgan fingerprint density at radius 1 is 0.952 bits per heavy atom. The maximum Gasteiger partial charge on any atom is 0.225 e. The second kappa shape index (κ2) is 4.56. The first-order chi connectivity index (χ1) is 10.4. The second-order valence-electron chi connectivity index (χ2n) is 4.75. The lowest BCUT2D eigenvalue weighted by Crippen LogP contribution is -2.05. The van der Waals surface area contributed by atoms with Crippen LogP contribution in [0.5, 0.6) is 0 Å².